The van der Waals surface area contributed by atoms with Crippen LogP contribution in [0.15, 0.2) is 0 Å². The molecule has 5 nitrogen and oxygen atoms in total. The zero-order valence-electron chi connectivity index (χ0n) is 16.4. The molecule has 140 valence electrons. The van der Waals surface area contributed by atoms with Gasteiger partial charge >= 0.3 is 0 Å². The zero-order valence-corrected chi connectivity index (χ0v) is 16.4. The molecular formula is C19H36N2O3. The smallest absolute Gasteiger partial charge is 0.255 e. The van der Waals surface area contributed by atoms with Crippen LogP contribution in [0.4, 0.5) is 0 Å². The molecule has 0 spiro atoms. The SMILES string of the molecule is CN(C)C(=O)[C@@]1(C)CN(CC2(O)CCC(C(C)(C)C)CC2)CCO1. The van der Waals surface area contributed by atoms with Crippen LogP contribution in [0.5, 0.6) is 0 Å². The minimum atomic E-state index is -0.805. The molecule has 0 bridgehead atoms. The molecule has 1 N–H and O–H groups in total. The van der Waals surface area contributed by atoms with E-state index in [9.17, 15) is 9.90 Å². The molecule has 24 heavy (non-hydrogen) atoms. The summed E-state index contributed by atoms with van der Waals surface area (Å²) in [5.74, 6) is 0.679. The third-order valence-electron chi connectivity index (χ3n) is 5.87. The lowest BCUT2D eigenvalue weighted by Crippen LogP contribution is -2.60. The van der Waals surface area contributed by atoms with E-state index in [1.807, 2.05) is 6.92 Å². The molecule has 1 atom stereocenters. The number of carbonyl (C=O) groups excluding carboxylic acids is 1. The lowest BCUT2D eigenvalue weighted by Gasteiger charge is -2.46. The average Bonchev–Trinajstić information content (AvgIpc) is 2.45. The summed E-state index contributed by atoms with van der Waals surface area (Å²) in [5, 5.41) is 11.0. The second-order valence-electron chi connectivity index (χ2n) is 9.35. The molecule has 1 aliphatic carbocycles. The van der Waals surface area contributed by atoms with Gasteiger partial charge in [-0.25, -0.2) is 0 Å². The Kier molecular flexibility index (Phi) is 5.68. The van der Waals surface area contributed by atoms with E-state index in [4.69, 9.17) is 4.74 Å². The van der Waals surface area contributed by atoms with Gasteiger partial charge in [0.25, 0.3) is 5.91 Å². The van der Waals surface area contributed by atoms with Crippen molar-refractivity contribution in [3.63, 3.8) is 0 Å². The number of nitrogens with zero attached hydrogens (tertiary/aromatic N) is 2. The Morgan fingerprint density at radius 3 is 2.38 bits per heavy atom. The summed E-state index contributed by atoms with van der Waals surface area (Å²) in [7, 11) is 3.52. The first-order valence-corrected chi connectivity index (χ1v) is 9.26. The highest BCUT2D eigenvalue weighted by Gasteiger charge is 2.43. The summed E-state index contributed by atoms with van der Waals surface area (Å²) in [4.78, 5) is 16.2. The lowest BCUT2D eigenvalue weighted by atomic mass is 9.68. The van der Waals surface area contributed by atoms with E-state index < -0.39 is 11.2 Å². The van der Waals surface area contributed by atoms with Crippen LogP contribution < -0.4 is 0 Å². The van der Waals surface area contributed by atoms with Crippen LogP contribution in [0.1, 0.15) is 53.4 Å². The van der Waals surface area contributed by atoms with E-state index in [0.29, 0.717) is 31.0 Å². The van der Waals surface area contributed by atoms with Gasteiger partial charge < -0.3 is 14.7 Å². The summed E-state index contributed by atoms with van der Waals surface area (Å²) in [6.07, 6.45) is 3.87. The van der Waals surface area contributed by atoms with E-state index in [1.165, 1.54) is 0 Å². The van der Waals surface area contributed by atoms with E-state index in [1.54, 1.807) is 19.0 Å². The number of ether oxygens (including phenoxy) is 1. The fraction of sp³-hybridized carbons (Fsp3) is 0.947. The largest absolute Gasteiger partial charge is 0.389 e. The number of carbonyl (C=O) groups is 1. The van der Waals surface area contributed by atoms with Crippen LogP contribution in [-0.4, -0.2) is 72.4 Å². The number of likely N-dealkylation sites (N-methyl/N-ethyl adjacent to an activating group) is 1. The number of rotatable bonds is 3. The van der Waals surface area contributed by atoms with Gasteiger partial charge in [-0.3, -0.25) is 9.69 Å². The molecule has 1 aliphatic heterocycles. The van der Waals surface area contributed by atoms with Crippen LogP contribution in [0.25, 0.3) is 0 Å². The van der Waals surface area contributed by atoms with Gasteiger partial charge in [-0.2, -0.15) is 0 Å². The average molecular weight is 341 g/mol. The topological polar surface area (TPSA) is 53.0 Å². The first-order chi connectivity index (χ1) is 11.0. The van der Waals surface area contributed by atoms with Gasteiger partial charge in [0, 0.05) is 33.7 Å². The van der Waals surface area contributed by atoms with Crippen molar-refractivity contribution in [1.29, 1.82) is 0 Å². The standard InChI is InChI=1S/C19H36N2O3/c1-17(2,3)15-7-9-19(23,10-8-15)14-21-11-12-24-18(4,13-21)16(22)20(5)6/h15,23H,7-14H2,1-6H3/t15?,18-,19?/m1/s1. The molecule has 1 saturated carbocycles. The highest BCUT2D eigenvalue weighted by atomic mass is 16.5. The van der Waals surface area contributed by atoms with Gasteiger partial charge in [0.2, 0.25) is 0 Å². The quantitative estimate of drug-likeness (QED) is 0.855. The van der Waals surface area contributed by atoms with E-state index >= 15 is 0 Å². The van der Waals surface area contributed by atoms with Gasteiger partial charge in [0.05, 0.1) is 12.2 Å². The maximum atomic E-state index is 12.4. The number of β-amino-alcohol motifs (C(OH)–C–C–N with tert-alkyl or cyclic N) is 1. The molecule has 0 aromatic heterocycles. The fourth-order valence-electron chi connectivity index (χ4n) is 4.28. The molecule has 2 fully saturated rings. The van der Waals surface area contributed by atoms with Gasteiger partial charge in [0.1, 0.15) is 0 Å². The summed E-state index contributed by atoms with van der Waals surface area (Å²) in [6.45, 7) is 11.3. The molecule has 0 unspecified atom stereocenters. The van der Waals surface area contributed by atoms with Gasteiger partial charge in [-0.15, -0.1) is 0 Å². The van der Waals surface area contributed by atoms with Crippen molar-refractivity contribution in [1.82, 2.24) is 9.80 Å². The predicted molar refractivity (Wildman–Crippen MR) is 95.9 cm³/mol. The van der Waals surface area contributed by atoms with Crippen molar-refractivity contribution in [2.45, 2.75) is 64.6 Å². The Hall–Kier alpha value is -0.650. The van der Waals surface area contributed by atoms with Gasteiger partial charge in [-0.1, -0.05) is 20.8 Å². The maximum Gasteiger partial charge on any atom is 0.255 e. The minimum absolute atomic E-state index is 0.00405. The van der Waals surface area contributed by atoms with Crippen LogP contribution in [-0.2, 0) is 9.53 Å². The molecule has 1 amide bonds. The van der Waals surface area contributed by atoms with Crippen molar-refractivity contribution in [2.75, 3.05) is 40.3 Å². The van der Waals surface area contributed by atoms with Gasteiger partial charge in [-0.05, 0) is 43.9 Å². The Morgan fingerprint density at radius 2 is 1.88 bits per heavy atom. The van der Waals surface area contributed by atoms with Crippen molar-refractivity contribution in [3.05, 3.63) is 0 Å². The Bertz CT molecular complexity index is 450. The molecule has 5 heteroatoms. The maximum absolute atomic E-state index is 12.4. The zero-order chi connectivity index (χ0) is 18.2. The van der Waals surface area contributed by atoms with E-state index in [0.717, 1.165) is 32.2 Å². The van der Waals surface area contributed by atoms with E-state index in [2.05, 4.69) is 25.7 Å². The molecule has 1 saturated heterocycles. The number of hydrogen-bond donors (Lipinski definition) is 1. The molecule has 0 aromatic rings. The molecule has 2 aliphatic rings. The number of morpholine rings is 1. The Morgan fingerprint density at radius 1 is 1.29 bits per heavy atom. The second-order valence-corrected chi connectivity index (χ2v) is 9.35. The van der Waals surface area contributed by atoms with Crippen molar-refractivity contribution >= 4 is 5.91 Å². The minimum Gasteiger partial charge on any atom is -0.389 e. The Labute approximate surface area is 147 Å². The first-order valence-electron chi connectivity index (χ1n) is 9.26. The van der Waals surface area contributed by atoms with Crippen LogP contribution >= 0.6 is 0 Å². The van der Waals surface area contributed by atoms with Crippen molar-refractivity contribution < 1.29 is 14.6 Å². The normalized spacial score (nSPS) is 35.7. The first kappa shape index (κ1) is 19.7. The highest BCUT2D eigenvalue weighted by Crippen LogP contribution is 2.41. The number of hydrogen-bond acceptors (Lipinski definition) is 4. The third-order valence-corrected chi connectivity index (χ3v) is 5.87. The van der Waals surface area contributed by atoms with E-state index in [-0.39, 0.29) is 5.91 Å². The monoisotopic (exact) mass is 340 g/mol. The van der Waals surface area contributed by atoms with Crippen molar-refractivity contribution in [3.8, 4) is 0 Å². The van der Waals surface area contributed by atoms with Crippen LogP contribution in [0.2, 0.25) is 0 Å². The summed E-state index contributed by atoms with van der Waals surface area (Å²) in [5.41, 5.74) is -1.11. The lowest BCUT2D eigenvalue weighted by molar-refractivity contribution is -0.169. The highest BCUT2D eigenvalue weighted by molar-refractivity contribution is 5.84. The van der Waals surface area contributed by atoms with Gasteiger partial charge in [0.15, 0.2) is 5.60 Å². The van der Waals surface area contributed by atoms with Crippen LogP contribution in [0.3, 0.4) is 0 Å². The molecular weight excluding hydrogens is 304 g/mol. The number of aliphatic hydroxyl groups is 1. The predicted octanol–water partition coefficient (Wildman–Crippen LogP) is 2.13. The second kappa shape index (κ2) is 6.93. The molecule has 1 heterocycles. The summed E-state index contributed by atoms with van der Waals surface area (Å²) in [6, 6.07) is 0. The van der Waals surface area contributed by atoms with Crippen LogP contribution in [0, 0.1) is 11.3 Å². The number of amides is 1. The fourth-order valence-corrected chi connectivity index (χ4v) is 4.28. The molecule has 0 aromatic carbocycles. The Balaban J connectivity index is 1.95. The summed E-state index contributed by atoms with van der Waals surface area (Å²) < 4.78 is 5.79. The third kappa shape index (κ3) is 4.50. The summed E-state index contributed by atoms with van der Waals surface area (Å²) >= 11 is 0. The molecule has 2 rings (SSSR count). The molecule has 0 radical (unpaired) electrons. The van der Waals surface area contributed by atoms with Crippen molar-refractivity contribution in [2.24, 2.45) is 11.3 Å².